The Kier molecular flexibility index (Phi) is 4.34. The lowest BCUT2D eigenvalue weighted by molar-refractivity contribution is 0.0505. The molecule has 0 aliphatic carbocycles. The van der Waals surface area contributed by atoms with E-state index in [9.17, 15) is 8.42 Å². The van der Waals surface area contributed by atoms with E-state index in [-0.39, 0.29) is 0 Å². The molecule has 1 heterocycles. The third-order valence-electron chi connectivity index (χ3n) is 3.00. The molecule has 1 N–H and O–H groups in total. The summed E-state index contributed by atoms with van der Waals surface area (Å²) in [6.07, 6.45) is 0. The zero-order valence-corrected chi connectivity index (χ0v) is 11.4. The van der Waals surface area contributed by atoms with Gasteiger partial charge in [0.25, 0.3) is 10.0 Å². The van der Waals surface area contributed by atoms with Gasteiger partial charge in [0, 0.05) is 32.7 Å². The molecule has 100 valence electrons. The first-order chi connectivity index (χ1) is 8.66. The molecule has 6 heteroatoms. The number of nitrogens with zero attached hydrogens (tertiary/aromatic N) is 2. The highest BCUT2D eigenvalue weighted by molar-refractivity contribution is 7.89. The minimum absolute atomic E-state index is 0.352. The SMILES string of the molecule is CCN(N1CCNCC1)S(=O)(=O)c1ccccc1. The molecule has 2 rings (SSSR count). The molecule has 0 bridgehead atoms. The van der Waals surface area contributed by atoms with E-state index in [0.29, 0.717) is 11.4 Å². The van der Waals surface area contributed by atoms with Gasteiger partial charge in [-0.2, -0.15) is 0 Å². The molecule has 18 heavy (non-hydrogen) atoms. The predicted octanol–water partition coefficient (Wildman–Crippen LogP) is 0.517. The van der Waals surface area contributed by atoms with Crippen LogP contribution in [0.4, 0.5) is 0 Å². The zero-order chi connectivity index (χ0) is 13.0. The Bertz CT molecular complexity index is 469. The second-order valence-corrected chi connectivity index (χ2v) is 6.00. The van der Waals surface area contributed by atoms with Crippen molar-refractivity contribution in [2.24, 2.45) is 0 Å². The summed E-state index contributed by atoms with van der Waals surface area (Å²) in [5.74, 6) is 0. The highest BCUT2D eigenvalue weighted by Gasteiger charge is 2.29. The third kappa shape index (κ3) is 2.72. The average Bonchev–Trinajstić information content (AvgIpc) is 2.41. The minimum atomic E-state index is -3.42. The number of nitrogens with one attached hydrogen (secondary N) is 1. The molecule has 1 aliphatic heterocycles. The Morgan fingerprint density at radius 3 is 2.39 bits per heavy atom. The van der Waals surface area contributed by atoms with E-state index in [1.54, 1.807) is 24.3 Å². The Labute approximate surface area is 108 Å². The van der Waals surface area contributed by atoms with Gasteiger partial charge in [0.1, 0.15) is 0 Å². The largest absolute Gasteiger partial charge is 0.314 e. The van der Waals surface area contributed by atoms with Gasteiger partial charge in [-0.3, -0.25) is 0 Å². The number of piperazine rings is 1. The summed E-state index contributed by atoms with van der Waals surface area (Å²) in [5, 5.41) is 5.12. The first-order valence-electron chi connectivity index (χ1n) is 6.19. The fourth-order valence-corrected chi connectivity index (χ4v) is 3.66. The first kappa shape index (κ1) is 13.5. The number of benzene rings is 1. The van der Waals surface area contributed by atoms with Crippen molar-refractivity contribution >= 4 is 10.0 Å². The van der Waals surface area contributed by atoms with Crippen molar-refractivity contribution in [1.82, 2.24) is 14.7 Å². The number of rotatable bonds is 4. The van der Waals surface area contributed by atoms with Crippen LogP contribution in [0, 0.1) is 0 Å². The van der Waals surface area contributed by atoms with Crippen molar-refractivity contribution < 1.29 is 8.42 Å². The Hall–Kier alpha value is -0.950. The summed E-state index contributed by atoms with van der Waals surface area (Å²) in [6, 6.07) is 8.59. The predicted molar refractivity (Wildman–Crippen MR) is 70.5 cm³/mol. The molecule has 0 amide bonds. The monoisotopic (exact) mass is 269 g/mol. The van der Waals surface area contributed by atoms with Crippen LogP contribution < -0.4 is 5.32 Å². The van der Waals surface area contributed by atoms with Crippen molar-refractivity contribution in [3.05, 3.63) is 30.3 Å². The van der Waals surface area contributed by atoms with Gasteiger partial charge in [0.2, 0.25) is 0 Å². The Morgan fingerprint density at radius 1 is 1.22 bits per heavy atom. The highest BCUT2D eigenvalue weighted by Crippen LogP contribution is 2.17. The lowest BCUT2D eigenvalue weighted by atomic mass is 10.4. The van der Waals surface area contributed by atoms with Crippen LogP contribution in [0.2, 0.25) is 0 Å². The molecule has 0 aromatic heterocycles. The maximum Gasteiger partial charge on any atom is 0.255 e. The van der Waals surface area contributed by atoms with Crippen molar-refractivity contribution in [1.29, 1.82) is 0 Å². The van der Waals surface area contributed by atoms with Crippen molar-refractivity contribution in [3.8, 4) is 0 Å². The Balaban J connectivity index is 2.26. The van der Waals surface area contributed by atoms with E-state index in [0.717, 1.165) is 26.2 Å². The van der Waals surface area contributed by atoms with Gasteiger partial charge in [-0.25, -0.2) is 13.4 Å². The summed E-state index contributed by atoms with van der Waals surface area (Å²) >= 11 is 0. The van der Waals surface area contributed by atoms with Crippen molar-refractivity contribution in [3.63, 3.8) is 0 Å². The molecular formula is C12H19N3O2S. The molecule has 0 atom stereocenters. The number of hydrazine groups is 1. The average molecular weight is 269 g/mol. The Morgan fingerprint density at radius 2 is 1.83 bits per heavy atom. The van der Waals surface area contributed by atoms with Gasteiger partial charge in [0.15, 0.2) is 0 Å². The van der Waals surface area contributed by atoms with Crippen LogP contribution in [0.1, 0.15) is 6.92 Å². The molecule has 5 nitrogen and oxygen atoms in total. The van der Waals surface area contributed by atoms with Crippen LogP contribution >= 0.6 is 0 Å². The minimum Gasteiger partial charge on any atom is -0.314 e. The quantitative estimate of drug-likeness (QED) is 0.866. The summed E-state index contributed by atoms with van der Waals surface area (Å²) in [7, 11) is -3.42. The summed E-state index contributed by atoms with van der Waals surface area (Å²) < 4.78 is 26.5. The first-order valence-corrected chi connectivity index (χ1v) is 7.63. The van der Waals surface area contributed by atoms with Gasteiger partial charge >= 0.3 is 0 Å². The van der Waals surface area contributed by atoms with Gasteiger partial charge in [-0.1, -0.05) is 18.2 Å². The summed E-state index contributed by atoms with van der Waals surface area (Å²) in [6.45, 7) is 5.40. The molecule has 1 aliphatic rings. The van der Waals surface area contributed by atoms with E-state index in [2.05, 4.69) is 5.32 Å². The van der Waals surface area contributed by atoms with Crippen LogP contribution in [-0.2, 0) is 10.0 Å². The van der Waals surface area contributed by atoms with Crippen LogP contribution in [0.25, 0.3) is 0 Å². The molecule has 0 unspecified atom stereocenters. The second kappa shape index (κ2) is 5.79. The lowest BCUT2D eigenvalue weighted by Gasteiger charge is -2.36. The molecule has 1 fully saturated rings. The standard InChI is InChI=1S/C12H19N3O2S/c1-2-15(14-10-8-13-9-11-14)18(16,17)12-6-4-3-5-7-12/h3-7,13H,2,8-11H2,1H3. The second-order valence-electron chi connectivity index (χ2n) is 4.16. The highest BCUT2D eigenvalue weighted by atomic mass is 32.2. The summed E-state index contributed by atoms with van der Waals surface area (Å²) in [4.78, 5) is 0.352. The van der Waals surface area contributed by atoms with E-state index < -0.39 is 10.0 Å². The fraction of sp³-hybridized carbons (Fsp3) is 0.500. The lowest BCUT2D eigenvalue weighted by Crippen LogP contribution is -2.54. The van der Waals surface area contributed by atoms with Gasteiger partial charge < -0.3 is 5.32 Å². The van der Waals surface area contributed by atoms with E-state index in [1.807, 2.05) is 18.0 Å². The molecule has 0 spiro atoms. The van der Waals surface area contributed by atoms with Gasteiger partial charge in [-0.15, -0.1) is 4.41 Å². The van der Waals surface area contributed by atoms with Crippen LogP contribution in [0.15, 0.2) is 35.2 Å². The number of hydrogen-bond donors (Lipinski definition) is 1. The smallest absolute Gasteiger partial charge is 0.255 e. The molecular weight excluding hydrogens is 250 g/mol. The van der Waals surface area contributed by atoms with Gasteiger partial charge in [-0.05, 0) is 19.1 Å². The number of sulfonamides is 1. The van der Waals surface area contributed by atoms with E-state index >= 15 is 0 Å². The topological polar surface area (TPSA) is 52.6 Å². The maximum atomic E-state index is 12.5. The molecule has 0 radical (unpaired) electrons. The molecule has 1 aromatic rings. The van der Waals surface area contributed by atoms with Gasteiger partial charge in [0.05, 0.1) is 4.90 Å². The van der Waals surface area contributed by atoms with Crippen LogP contribution in [0.5, 0.6) is 0 Å². The van der Waals surface area contributed by atoms with Crippen LogP contribution in [-0.4, -0.2) is 50.6 Å². The van der Waals surface area contributed by atoms with Crippen molar-refractivity contribution in [2.75, 3.05) is 32.7 Å². The molecule has 1 aromatic carbocycles. The third-order valence-corrected chi connectivity index (χ3v) is 4.91. The van der Waals surface area contributed by atoms with Crippen LogP contribution in [0.3, 0.4) is 0 Å². The molecule has 1 saturated heterocycles. The summed E-state index contributed by atoms with van der Waals surface area (Å²) in [5.41, 5.74) is 0. The van der Waals surface area contributed by atoms with E-state index in [1.165, 1.54) is 4.41 Å². The fourth-order valence-electron chi connectivity index (χ4n) is 2.11. The molecule has 0 saturated carbocycles. The zero-order valence-electron chi connectivity index (χ0n) is 10.5. The normalized spacial score (nSPS) is 18.1. The number of hydrogen-bond acceptors (Lipinski definition) is 4. The van der Waals surface area contributed by atoms with E-state index in [4.69, 9.17) is 0 Å². The maximum absolute atomic E-state index is 12.5. The van der Waals surface area contributed by atoms with Crippen molar-refractivity contribution in [2.45, 2.75) is 11.8 Å².